The van der Waals surface area contributed by atoms with Gasteiger partial charge in [0, 0.05) is 5.56 Å². The molecule has 1 heterocycles. The molecule has 1 N–H and O–H groups in total. The van der Waals surface area contributed by atoms with Gasteiger partial charge in [-0.2, -0.15) is 0 Å². The predicted molar refractivity (Wildman–Crippen MR) is 79.4 cm³/mol. The standard InChI is InChI=1S/C16H24N2O2/c1-3-4-13-20-15-7-5-14(6-8-15)16(19)18-11-9-17(2)10-12-18/h5-8H,3-4,9-13H2,1-2H3/p+1. The maximum Gasteiger partial charge on any atom is 0.254 e. The molecule has 1 fully saturated rings. The maximum atomic E-state index is 12.4. The van der Waals surface area contributed by atoms with Crippen LogP contribution in [0.4, 0.5) is 0 Å². The summed E-state index contributed by atoms with van der Waals surface area (Å²) >= 11 is 0. The Bertz CT molecular complexity index is 423. The molecule has 2 rings (SSSR count). The number of nitrogens with one attached hydrogen (secondary N) is 1. The molecule has 4 nitrogen and oxygen atoms in total. The van der Waals surface area contributed by atoms with E-state index in [1.807, 2.05) is 29.2 Å². The minimum Gasteiger partial charge on any atom is -0.494 e. The van der Waals surface area contributed by atoms with Gasteiger partial charge in [0.05, 0.1) is 39.8 Å². The van der Waals surface area contributed by atoms with Crippen molar-refractivity contribution in [1.82, 2.24) is 4.90 Å². The van der Waals surface area contributed by atoms with E-state index < -0.39 is 0 Å². The molecule has 0 unspecified atom stereocenters. The molecule has 1 aromatic carbocycles. The van der Waals surface area contributed by atoms with Crippen molar-refractivity contribution in [3.8, 4) is 5.75 Å². The van der Waals surface area contributed by atoms with Crippen LogP contribution in [-0.2, 0) is 0 Å². The Kier molecular flexibility index (Phi) is 5.41. The first-order chi connectivity index (χ1) is 9.70. The summed E-state index contributed by atoms with van der Waals surface area (Å²) in [4.78, 5) is 15.8. The fraction of sp³-hybridized carbons (Fsp3) is 0.562. The second kappa shape index (κ2) is 7.29. The number of carbonyl (C=O) groups is 1. The van der Waals surface area contributed by atoms with Crippen LogP contribution in [-0.4, -0.2) is 50.6 Å². The van der Waals surface area contributed by atoms with Crippen LogP contribution < -0.4 is 9.64 Å². The molecule has 1 aromatic rings. The van der Waals surface area contributed by atoms with Crippen molar-refractivity contribution in [3.63, 3.8) is 0 Å². The smallest absolute Gasteiger partial charge is 0.254 e. The number of rotatable bonds is 5. The minimum atomic E-state index is 0.137. The molecular weight excluding hydrogens is 252 g/mol. The number of likely N-dealkylation sites (N-methyl/N-ethyl adjacent to an activating group) is 1. The van der Waals surface area contributed by atoms with E-state index in [1.165, 1.54) is 4.90 Å². The first-order valence-corrected chi connectivity index (χ1v) is 7.54. The van der Waals surface area contributed by atoms with Crippen molar-refractivity contribution in [2.45, 2.75) is 19.8 Å². The van der Waals surface area contributed by atoms with Crippen molar-refractivity contribution in [1.29, 1.82) is 0 Å². The molecule has 1 amide bonds. The number of piperazine rings is 1. The molecule has 20 heavy (non-hydrogen) atoms. The summed E-state index contributed by atoms with van der Waals surface area (Å²) in [6.07, 6.45) is 2.19. The van der Waals surface area contributed by atoms with Crippen LogP contribution in [0.15, 0.2) is 24.3 Å². The first-order valence-electron chi connectivity index (χ1n) is 7.54. The van der Waals surface area contributed by atoms with Crippen LogP contribution in [0.1, 0.15) is 30.1 Å². The van der Waals surface area contributed by atoms with Gasteiger partial charge in [-0.1, -0.05) is 13.3 Å². The second-order valence-corrected chi connectivity index (χ2v) is 5.48. The second-order valence-electron chi connectivity index (χ2n) is 5.48. The third kappa shape index (κ3) is 3.97. The van der Waals surface area contributed by atoms with E-state index >= 15 is 0 Å². The Balaban J connectivity index is 1.90. The Labute approximate surface area is 121 Å². The summed E-state index contributed by atoms with van der Waals surface area (Å²) in [5.41, 5.74) is 0.757. The third-order valence-corrected chi connectivity index (χ3v) is 3.77. The van der Waals surface area contributed by atoms with Crippen molar-refractivity contribution >= 4 is 5.91 Å². The molecule has 0 saturated carbocycles. The van der Waals surface area contributed by atoms with E-state index in [0.29, 0.717) is 0 Å². The SMILES string of the molecule is CCCCOc1ccc(C(=O)N2CC[NH+](C)CC2)cc1. The van der Waals surface area contributed by atoms with Gasteiger partial charge in [-0.3, -0.25) is 4.79 Å². The Morgan fingerprint density at radius 2 is 1.90 bits per heavy atom. The molecule has 1 aliphatic rings. The van der Waals surface area contributed by atoms with Crippen LogP contribution in [0, 0.1) is 0 Å². The molecule has 0 spiro atoms. The molecule has 0 radical (unpaired) electrons. The van der Waals surface area contributed by atoms with Gasteiger partial charge in [-0.05, 0) is 30.7 Å². The zero-order chi connectivity index (χ0) is 14.4. The molecule has 0 atom stereocenters. The van der Waals surface area contributed by atoms with E-state index in [2.05, 4.69) is 14.0 Å². The Hall–Kier alpha value is -1.55. The van der Waals surface area contributed by atoms with E-state index in [4.69, 9.17) is 4.74 Å². The highest BCUT2D eigenvalue weighted by molar-refractivity contribution is 5.94. The van der Waals surface area contributed by atoms with Crippen LogP contribution in [0.2, 0.25) is 0 Å². The Morgan fingerprint density at radius 3 is 2.50 bits per heavy atom. The first kappa shape index (κ1) is 14.9. The molecule has 1 saturated heterocycles. The third-order valence-electron chi connectivity index (χ3n) is 3.77. The number of benzene rings is 1. The van der Waals surface area contributed by atoms with Crippen LogP contribution in [0.5, 0.6) is 5.75 Å². The largest absolute Gasteiger partial charge is 0.494 e. The number of quaternary nitrogens is 1. The highest BCUT2D eigenvalue weighted by Gasteiger charge is 2.22. The van der Waals surface area contributed by atoms with Crippen LogP contribution >= 0.6 is 0 Å². The molecule has 0 aromatic heterocycles. The average molecular weight is 277 g/mol. The fourth-order valence-electron chi connectivity index (χ4n) is 2.30. The number of carbonyl (C=O) groups excluding carboxylic acids is 1. The molecule has 0 bridgehead atoms. The zero-order valence-electron chi connectivity index (χ0n) is 12.5. The summed E-state index contributed by atoms with van der Waals surface area (Å²) in [6, 6.07) is 7.53. The van der Waals surface area contributed by atoms with Crippen molar-refractivity contribution in [2.24, 2.45) is 0 Å². The fourth-order valence-corrected chi connectivity index (χ4v) is 2.30. The summed E-state index contributed by atoms with van der Waals surface area (Å²) in [7, 11) is 2.17. The van der Waals surface area contributed by atoms with Crippen molar-refractivity contribution in [3.05, 3.63) is 29.8 Å². The predicted octanol–water partition coefficient (Wildman–Crippen LogP) is 0.836. The number of hydrogen-bond donors (Lipinski definition) is 1. The zero-order valence-corrected chi connectivity index (χ0v) is 12.5. The van der Waals surface area contributed by atoms with Gasteiger partial charge < -0.3 is 14.5 Å². The van der Waals surface area contributed by atoms with Gasteiger partial charge in [0.2, 0.25) is 0 Å². The van der Waals surface area contributed by atoms with E-state index in [9.17, 15) is 4.79 Å². The quantitative estimate of drug-likeness (QED) is 0.809. The maximum absolute atomic E-state index is 12.4. The lowest BCUT2D eigenvalue weighted by Gasteiger charge is -2.30. The highest BCUT2D eigenvalue weighted by atomic mass is 16.5. The summed E-state index contributed by atoms with van der Waals surface area (Å²) in [5, 5.41) is 0. The molecular formula is C16H25N2O2+. The topological polar surface area (TPSA) is 34.0 Å². The van der Waals surface area contributed by atoms with Gasteiger partial charge in [0.1, 0.15) is 5.75 Å². The summed E-state index contributed by atoms with van der Waals surface area (Å²) in [6.45, 7) is 6.64. The lowest BCUT2D eigenvalue weighted by atomic mass is 10.1. The van der Waals surface area contributed by atoms with Crippen LogP contribution in [0.25, 0.3) is 0 Å². The molecule has 1 aliphatic heterocycles. The monoisotopic (exact) mass is 277 g/mol. The summed E-state index contributed by atoms with van der Waals surface area (Å²) < 4.78 is 5.61. The van der Waals surface area contributed by atoms with Gasteiger partial charge in [-0.15, -0.1) is 0 Å². The molecule has 0 aliphatic carbocycles. The number of ether oxygens (including phenoxy) is 1. The Morgan fingerprint density at radius 1 is 1.25 bits per heavy atom. The molecule has 4 heteroatoms. The lowest BCUT2D eigenvalue weighted by molar-refractivity contribution is -0.883. The van der Waals surface area contributed by atoms with Crippen LogP contribution in [0.3, 0.4) is 0 Å². The highest BCUT2D eigenvalue weighted by Crippen LogP contribution is 2.14. The van der Waals surface area contributed by atoms with E-state index in [1.54, 1.807) is 0 Å². The van der Waals surface area contributed by atoms with Crippen molar-refractivity contribution in [2.75, 3.05) is 39.8 Å². The van der Waals surface area contributed by atoms with Crippen molar-refractivity contribution < 1.29 is 14.4 Å². The lowest BCUT2D eigenvalue weighted by Crippen LogP contribution is -3.12. The normalized spacial score (nSPS) is 16.2. The van der Waals surface area contributed by atoms with Gasteiger partial charge >= 0.3 is 0 Å². The van der Waals surface area contributed by atoms with E-state index in [0.717, 1.165) is 56.9 Å². The minimum absolute atomic E-state index is 0.137. The van der Waals surface area contributed by atoms with Gasteiger partial charge in [0.25, 0.3) is 5.91 Å². The van der Waals surface area contributed by atoms with Gasteiger partial charge in [-0.25, -0.2) is 0 Å². The number of amides is 1. The number of nitrogens with zero attached hydrogens (tertiary/aromatic N) is 1. The van der Waals surface area contributed by atoms with E-state index in [-0.39, 0.29) is 5.91 Å². The van der Waals surface area contributed by atoms with Gasteiger partial charge in [0.15, 0.2) is 0 Å². The average Bonchev–Trinajstić information content (AvgIpc) is 2.48. The molecule has 110 valence electrons. The number of hydrogen-bond acceptors (Lipinski definition) is 2. The number of unbranched alkanes of at least 4 members (excludes halogenated alkanes) is 1. The summed E-state index contributed by atoms with van der Waals surface area (Å²) in [5.74, 6) is 0.982.